The zero-order valence-corrected chi connectivity index (χ0v) is 16.1. The largest absolute Gasteiger partial charge is 0.493 e. The molecule has 1 aliphatic carbocycles. The highest BCUT2D eigenvalue weighted by atomic mass is 16.5. The Morgan fingerprint density at radius 2 is 1.75 bits per heavy atom. The molecule has 1 aromatic rings. The molecule has 1 aromatic carbocycles. The van der Waals surface area contributed by atoms with Gasteiger partial charge in [0.2, 0.25) is 17.6 Å². The van der Waals surface area contributed by atoms with Crippen molar-refractivity contribution in [2.45, 2.75) is 31.2 Å². The minimum absolute atomic E-state index is 0.0121. The molecule has 1 saturated heterocycles. The Bertz CT molecular complexity index is 778. The van der Waals surface area contributed by atoms with Crippen LogP contribution in [0.1, 0.15) is 25.7 Å². The lowest BCUT2D eigenvalue weighted by molar-refractivity contribution is -0.152. The lowest BCUT2D eigenvalue weighted by atomic mass is 9.76. The van der Waals surface area contributed by atoms with Gasteiger partial charge in [-0.15, -0.1) is 0 Å². The Morgan fingerprint density at radius 1 is 1.14 bits per heavy atom. The molecule has 1 unspecified atom stereocenters. The summed E-state index contributed by atoms with van der Waals surface area (Å²) in [6.45, 7) is 0.152. The van der Waals surface area contributed by atoms with E-state index in [1.54, 1.807) is 12.1 Å². The van der Waals surface area contributed by atoms with Gasteiger partial charge in [0.15, 0.2) is 11.5 Å². The Hall–Kier alpha value is -2.97. The predicted molar refractivity (Wildman–Crippen MR) is 98.9 cm³/mol. The molecule has 2 N–H and O–H groups in total. The highest BCUT2D eigenvalue weighted by Gasteiger charge is 2.47. The number of carboxylic acids is 1. The fraction of sp³-hybridized carbons (Fsp3) is 0.526. The summed E-state index contributed by atoms with van der Waals surface area (Å²) in [6.07, 6.45) is 1.59. The van der Waals surface area contributed by atoms with Gasteiger partial charge in [-0.2, -0.15) is 0 Å². The first-order valence-electron chi connectivity index (χ1n) is 9.01. The zero-order chi connectivity index (χ0) is 20.5. The van der Waals surface area contributed by atoms with Crippen molar-refractivity contribution in [3.8, 4) is 17.2 Å². The summed E-state index contributed by atoms with van der Waals surface area (Å²) in [7, 11) is 4.44. The first-order valence-corrected chi connectivity index (χ1v) is 9.01. The lowest BCUT2D eigenvalue weighted by Crippen LogP contribution is -2.60. The van der Waals surface area contributed by atoms with E-state index in [1.807, 2.05) is 0 Å². The van der Waals surface area contributed by atoms with E-state index in [9.17, 15) is 19.5 Å². The molecule has 1 heterocycles. The Kier molecular flexibility index (Phi) is 5.35. The topological polar surface area (TPSA) is 114 Å². The number of hydrogen-bond donors (Lipinski definition) is 2. The average molecular weight is 392 g/mol. The van der Waals surface area contributed by atoms with Crippen molar-refractivity contribution in [3.63, 3.8) is 0 Å². The molecule has 1 aliphatic heterocycles. The van der Waals surface area contributed by atoms with Gasteiger partial charge in [-0.05, 0) is 19.3 Å². The van der Waals surface area contributed by atoms with Crippen LogP contribution >= 0.6 is 0 Å². The van der Waals surface area contributed by atoms with E-state index in [4.69, 9.17) is 14.2 Å². The Balaban J connectivity index is 1.79. The standard InChI is InChI=1S/C19H24N2O7/c1-26-13-8-12(9-14(27-2)16(13)28-3)21-10-11(7-15(21)22)17(23)20-19(18(24)25)5-4-6-19/h8-9,11H,4-7,10H2,1-3H3,(H,20,23)(H,24,25). The molecule has 28 heavy (non-hydrogen) atoms. The molecule has 0 bridgehead atoms. The molecule has 1 atom stereocenters. The quantitative estimate of drug-likeness (QED) is 0.716. The number of methoxy groups -OCH3 is 3. The SMILES string of the molecule is COc1cc(N2CC(C(=O)NC3(C(=O)O)CCC3)CC2=O)cc(OC)c1OC. The summed E-state index contributed by atoms with van der Waals surface area (Å²) in [5, 5.41) is 12.0. The van der Waals surface area contributed by atoms with Gasteiger partial charge in [0.25, 0.3) is 0 Å². The second-order valence-corrected chi connectivity index (χ2v) is 7.02. The van der Waals surface area contributed by atoms with Gasteiger partial charge in [-0.25, -0.2) is 4.79 Å². The molecule has 0 aromatic heterocycles. The molecule has 1 saturated carbocycles. The highest BCUT2D eigenvalue weighted by Crippen LogP contribution is 2.42. The summed E-state index contributed by atoms with van der Waals surface area (Å²) >= 11 is 0. The minimum Gasteiger partial charge on any atom is -0.493 e. The van der Waals surface area contributed by atoms with Crippen LogP contribution in [0.15, 0.2) is 12.1 Å². The number of ether oxygens (including phenoxy) is 3. The fourth-order valence-electron chi connectivity index (χ4n) is 3.62. The maximum absolute atomic E-state index is 12.6. The minimum atomic E-state index is -1.19. The van der Waals surface area contributed by atoms with Crippen molar-refractivity contribution >= 4 is 23.5 Å². The summed E-state index contributed by atoms with van der Waals surface area (Å²) in [6, 6.07) is 3.29. The van der Waals surface area contributed by atoms with Crippen molar-refractivity contribution in [1.82, 2.24) is 5.32 Å². The molecule has 0 spiro atoms. The average Bonchev–Trinajstić information content (AvgIpc) is 3.04. The van der Waals surface area contributed by atoms with Crippen LogP contribution in [-0.2, 0) is 14.4 Å². The number of benzene rings is 1. The zero-order valence-electron chi connectivity index (χ0n) is 16.1. The molecular formula is C19H24N2O7. The molecule has 2 aliphatic rings. The Labute approximate surface area is 162 Å². The summed E-state index contributed by atoms with van der Waals surface area (Å²) in [5.41, 5.74) is -0.675. The molecule has 2 amide bonds. The Morgan fingerprint density at radius 3 is 2.18 bits per heavy atom. The number of nitrogens with one attached hydrogen (secondary N) is 1. The third kappa shape index (κ3) is 3.32. The molecule has 9 nitrogen and oxygen atoms in total. The summed E-state index contributed by atoms with van der Waals surface area (Å²) in [5.74, 6) is -1.09. The predicted octanol–water partition coefficient (Wildman–Crippen LogP) is 1.19. The van der Waals surface area contributed by atoms with Crippen molar-refractivity contribution in [2.75, 3.05) is 32.8 Å². The van der Waals surface area contributed by atoms with Crippen LogP contribution < -0.4 is 24.4 Å². The van der Waals surface area contributed by atoms with Crippen LogP contribution in [0.4, 0.5) is 5.69 Å². The van der Waals surface area contributed by atoms with E-state index in [2.05, 4.69) is 5.32 Å². The molecule has 0 radical (unpaired) electrons. The fourth-order valence-corrected chi connectivity index (χ4v) is 3.62. The second kappa shape index (κ2) is 7.57. The van der Waals surface area contributed by atoms with E-state index in [1.165, 1.54) is 26.2 Å². The smallest absolute Gasteiger partial charge is 0.329 e. The number of nitrogens with zero attached hydrogens (tertiary/aromatic N) is 1. The highest BCUT2D eigenvalue weighted by molar-refractivity contribution is 6.01. The van der Waals surface area contributed by atoms with Crippen LogP contribution in [-0.4, -0.2) is 56.3 Å². The molecule has 9 heteroatoms. The molecule has 152 valence electrons. The van der Waals surface area contributed by atoms with Gasteiger partial charge in [0, 0.05) is 25.1 Å². The van der Waals surface area contributed by atoms with Gasteiger partial charge in [0.1, 0.15) is 5.54 Å². The van der Waals surface area contributed by atoms with E-state index >= 15 is 0 Å². The van der Waals surface area contributed by atoms with Crippen LogP contribution in [0.3, 0.4) is 0 Å². The van der Waals surface area contributed by atoms with Gasteiger partial charge >= 0.3 is 5.97 Å². The monoisotopic (exact) mass is 392 g/mol. The van der Waals surface area contributed by atoms with E-state index < -0.39 is 23.3 Å². The number of anilines is 1. The lowest BCUT2D eigenvalue weighted by Gasteiger charge is -2.38. The summed E-state index contributed by atoms with van der Waals surface area (Å²) in [4.78, 5) is 38.1. The van der Waals surface area contributed by atoms with Gasteiger partial charge < -0.3 is 29.5 Å². The second-order valence-electron chi connectivity index (χ2n) is 7.02. The van der Waals surface area contributed by atoms with Crippen molar-refractivity contribution < 1.29 is 33.7 Å². The number of carbonyl (C=O) groups is 3. The third-order valence-corrected chi connectivity index (χ3v) is 5.44. The van der Waals surface area contributed by atoms with Gasteiger partial charge in [0.05, 0.1) is 32.9 Å². The maximum atomic E-state index is 12.6. The number of hydrogen-bond acceptors (Lipinski definition) is 6. The van der Waals surface area contributed by atoms with Crippen molar-refractivity contribution in [2.24, 2.45) is 5.92 Å². The number of amides is 2. The van der Waals surface area contributed by atoms with Gasteiger partial charge in [-0.3, -0.25) is 9.59 Å². The number of carbonyl (C=O) groups excluding carboxylic acids is 2. The first kappa shape index (κ1) is 19.8. The molecular weight excluding hydrogens is 368 g/mol. The van der Waals surface area contributed by atoms with Gasteiger partial charge in [-0.1, -0.05) is 0 Å². The van der Waals surface area contributed by atoms with Crippen LogP contribution in [0.25, 0.3) is 0 Å². The third-order valence-electron chi connectivity index (χ3n) is 5.44. The number of rotatable bonds is 7. The molecule has 3 rings (SSSR count). The molecule has 2 fully saturated rings. The first-order chi connectivity index (χ1) is 13.3. The maximum Gasteiger partial charge on any atom is 0.329 e. The van der Waals surface area contributed by atoms with Crippen LogP contribution in [0, 0.1) is 5.92 Å². The van der Waals surface area contributed by atoms with Crippen molar-refractivity contribution in [1.29, 1.82) is 0 Å². The van der Waals surface area contributed by atoms with Crippen molar-refractivity contribution in [3.05, 3.63) is 12.1 Å². The van der Waals surface area contributed by atoms with E-state index in [0.717, 1.165) is 6.42 Å². The van der Waals surface area contributed by atoms with E-state index in [-0.39, 0.29) is 18.9 Å². The normalized spacial score (nSPS) is 20.3. The number of carboxylic acid groups (broad SMARTS) is 1. The van der Waals surface area contributed by atoms with Crippen LogP contribution in [0.2, 0.25) is 0 Å². The number of aliphatic carboxylic acids is 1. The van der Waals surface area contributed by atoms with E-state index in [0.29, 0.717) is 35.8 Å². The summed E-state index contributed by atoms with van der Waals surface area (Å²) < 4.78 is 15.9. The van der Waals surface area contributed by atoms with Crippen LogP contribution in [0.5, 0.6) is 17.2 Å².